The molecule has 0 fully saturated rings. The zero-order chi connectivity index (χ0) is 22.8. The van der Waals surface area contributed by atoms with E-state index in [1.165, 1.54) is 18.2 Å². The fraction of sp³-hybridized carbons (Fsp3) is 0.130. The third-order valence-electron chi connectivity index (χ3n) is 4.72. The molecule has 0 aliphatic rings. The largest absolute Gasteiger partial charge is 0.487 e. The minimum atomic E-state index is -0.593. The van der Waals surface area contributed by atoms with Crippen molar-refractivity contribution in [3.8, 4) is 17.2 Å². The molecule has 0 aliphatic carbocycles. The highest BCUT2D eigenvalue weighted by molar-refractivity contribution is 6.34. The lowest BCUT2D eigenvalue weighted by atomic mass is 10.1. The second-order valence-corrected chi connectivity index (χ2v) is 7.42. The Balaban J connectivity index is 1.63. The summed E-state index contributed by atoms with van der Waals surface area (Å²) in [4.78, 5) is 28.0. The van der Waals surface area contributed by atoms with Crippen molar-refractivity contribution < 1.29 is 18.9 Å². The van der Waals surface area contributed by atoms with Crippen LogP contribution in [0.15, 0.2) is 59.0 Å². The van der Waals surface area contributed by atoms with Gasteiger partial charge in [-0.3, -0.25) is 14.9 Å². The van der Waals surface area contributed by atoms with E-state index in [-0.39, 0.29) is 23.6 Å². The van der Waals surface area contributed by atoms with E-state index in [1.807, 2.05) is 25.1 Å². The molecule has 0 unspecified atom stereocenters. The number of nitro groups is 1. The number of aryl methyl sites for hydroxylation is 1. The van der Waals surface area contributed by atoms with Gasteiger partial charge in [0.05, 0.1) is 22.2 Å². The highest BCUT2D eigenvalue weighted by Crippen LogP contribution is 2.32. The van der Waals surface area contributed by atoms with Crippen LogP contribution in [0.5, 0.6) is 5.75 Å². The lowest BCUT2D eigenvalue weighted by molar-refractivity contribution is -0.385. The number of nitrogens with zero attached hydrogens (tertiary/aromatic N) is 2. The number of nitrogens with one attached hydrogen (secondary N) is 1. The Morgan fingerprint density at radius 3 is 2.75 bits per heavy atom. The molecule has 162 valence electrons. The number of anilines is 1. The van der Waals surface area contributed by atoms with Crippen molar-refractivity contribution in [1.82, 2.24) is 4.98 Å². The van der Waals surface area contributed by atoms with Crippen LogP contribution >= 0.6 is 11.6 Å². The van der Waals surface area contributed by atoms with Gasteiger partial charge < -0.3 is 14.5 Å². The summed E-state index contributed by atoms with van der Waals surface area (Å²) in [5.41, 5.74) is 3.17. The average Bonchev–Trinajstić information content (AvgIpc) is 3.18. The highest BCUT2D eigenvalue weighted by atomic mass is 35.5. The maximum absolute atomic E-state index is 12.8. The first kappa shape index (κ1) is 21.3. The van der Waals surface area contributed by atoms with Gasteiger partial charge in [-0.2, -0.15) is 0 Å². The number of carbonyl (C=O) groups is 1. The molecule has 0 spiro atoms. The van der Waals surface area contributed by atoms with Crippen LogP contribution in [0.4, 0.5) is 11.4 Å². The number of fused-ring (bicyclic) bond motifs is 1. The summed E-state index contributed by atoms with van der Waals surface area (Å²) >= 11 is 6.27. The van der Waals surface area contributed by atoms with E-state index in [2.05, 4.69) is 10.3 Å². The number of nitro benzene ring substituents is 1. The molecule has 1 N–H and O–H groups in total. The van der Waals surface area contributed by atoms with Crippen LogP contribution in [0, 0.1) is 17.0 Å². The van der Waals surface area contributed by atoms with Crippen molar-refractivity contribution in [3.05, 3.63) is 80.9 Å². The summed E-state index contributed by atoms with van der Waals surface area (Å²) < 4.78 is 11.1. The Morgan fingerprint density at radius 2 is 2.00 bits per heavy atom. The van der Waals surface area contributed by atoms with Gasteiger partial charge in [0.1, 0.15) is 5.52 Å². The maximum Gasteiger partial charge on any atom is 0.311 e. The van der Waals surface area contributed by atoms with Gasteiger partial charge in [-0.1, -0.05) is 17.7 Å². The number of oxazole rings is 1. The Hall–Kier alpha value is -3.91. The van der Waals surface area contributed by atoms with Gasteiger partial charge in [0, 0.05) is 17.2 Å². The lowest BCUT2D eigenvalue weighted by Crippen LogP contribution is -2.13. The molecule has 3 aromatic carbocycles. The molecule has 0 atom stereocenters. The Bertz CT molecular complexity index is 1350. The van der Waals surface area contributed by atoms with Gasteiger partial charge >= 0.3 is 5.69 Å². The van der Waals surface area contributed by atoms with E-state index < -0.39 is 10.8 Å². The SMILES string of the molecule is CCOc1ccc(C(=O)Nc2cc(-c3nc4ccc(C)cc4o3)ccc2Cl)cc1[N+](=O)[O-]. The second-order valence-electron chi connectivity index (χ2n) is 7.01. The zero-order valence-electron chi connectivity index (χ0n) is 17.2. The van der Waals surface area contributed by atoms with Crippen LogP contribution in [-0.4, -0.2) is 22.4 Å². The molecule has 8 nitrogen and oxygen atoms in total. The second kappa shape index (κ2) is 8.68. The standard InChI is InChI=1S/C23H18ClN3O5/c1-3-31-20-9-6-14(12-19(20)27(29)30)22(28)25-18-11-15(5-7-16(18)24)23-26-17-8-4-13(2)10-21(17)32-23/h4-12H,3H2,1-2H3,(H,25,28). The summed E-state index contributed by atoms with van der Waals surface area (Å²) in [6.07, 6.45) is 0. The van der Waals surface area contributed by atoms with Crippen molar-refractivity contribution in [2.24, 2.45) is 0 Å². The smallest absolute Gasteiger partial charge is 0.311 e. The average molecular weight is 452 g/mol. The number of aromatic nitrogens is 1. The first-order valence-electron chi connectivity index (χ1n) is 9.75. The van der Waals surface area contributed by atoms with Gasteiger partial charge in [-0.25, -0.2) is 4.98 Å². The number of hydrogen-bond donors (Lipinski definition) is 1. The minimum absolute atomic E-state index is 0.0963. The summed E-state index contributed by atoms with van der Waals surface area (Å²) in [7, 11) is 0. The van der Waals surface area contributed by atoms with E-state index in [9.17, 15) is 14.9 Å². The summed E-state index contributed by atoms with van der Waals surface area (Å²) in [6, 6.07) is 14.7. The first-order valence-corrected chi connectivity index (χ1v) is 10.1. The van der Waals surface area contributed by atoms with Crippen molar-refractivity contribution in [3.63, 3.8) is 0 Å². The van der Waals surface area contributed by atoms with Gasteiger partial charge in [0.25, 0.3) is 5.91 Å². The molecular weight excluding hydrogens is 434 g/mol. The number of rotatable bonds is 6. The molecular formula is C23H18ClN3O5. The molecule has 1 amide bonds. The molecule has 0 saturated carbocycles. The Labute approximate surface area is 187 Å². The molecule has 0 aliphatic heterocycles. The van der Waals surface area contributed by atoms with Crippen molar-refractivity contribution in [2.45, 2.75) is 13.8 Å². The molecule has 0 saturated heterocycles. The van der Waals surface area contributed by atoms with E-state index >= 15 is 0 Å². The van der Waals surface area contributed by atoms with Crippen LogP contribution < -0.4 is 10.1 Å². The number of benzene rings is 3. The topological polar surface area (TPSA) is 108 Å². The third-order valence-corrected chi connectivity index (χ3v) is 5.05. The molecule has 1 aromatic heterocycles. The summed E-state index contributed by atoms with van der Waals surface area (Å²) in [5, 5.41) is 14.3. The predicted molar refractivity (Wildman–Crippen MR) is 121 cm³/mol. The van der Waals surface area contributed by atoms with Gasteiger partial charge in [0.2, 0.25) is 5.89 Å². The maximum atomic E-state index is 12.8. The molecule has 32 heavy (non-hydrogen) atoms. The fourth-order valence-corrected chi connectivity index (χ4v) is 3.35. The van der Waals surface area contributed by atoms with E-state index in [4.69, 9.17) is 20.8 Å². The van der Waals surface area contributed by atoms with E-state index in [0.29, 0.717) is 33.3 Å². The monoisotopic (exact) mass is 451 g/mol. The molecule has 9 heteroatoms. The zero-order valence-corrected chi connectivity index (χ0v) is 18.0. The molecule has 0 bridgehead atoms. The lowest BCUT2D eigenvalue weighted by Gasteiger charge is -2.10. The minimum Gasteiger partial charge on any atom is -0.487 e. The first-order chi connectivity index (χ1) is 15.4. The number of amides is 1. The predicted octanol–water partition coefficient (Wildman–Crippen LogP) is 6.02. The molecule has 4 aromatic rings. The molecule has 1 heterocycles. The van der Waals surface area contributed by atoms with Crippen LogP contribution in [0.1, 0.15) is 22.8 Å². The summed E-state index contributed by atoms with van der Waals surface area (Å²) in [6.45, 7) is 3.95. The van der Waals surface area contributed by atoms with Gasteiger partial charge in [-0.05, 0) is 61.9 Å². The van der Waals surface area contributed by atoms with E-state index in [1.54, 1.807) is 25.1 Å². The Morgan fingerprint density at radius 1 is 1.19 bits per heavy atom. The van der Waals surface area contributed by atoms with Crippen LogP contribution in [0.3, 0.4) is 0 Å². The molecule has 0 radical (unpaired) electrons. The fourth-order valence-electron chi connectivity index (χ4n) is 3.18. The number of halogens is 1. The quantitative estimate of drug-likeness (QED) is 0.284. The van der Waals surface area contributed by atoms with Crippen molar-refractivity contribution >= 4 is 40.0 Å². The van der Waals surface area contributed by atoms with Crippen LogP contribution in [-0.2, 0) is 0 Å². The van der Waals surface area contributed by atoms with Crippen LogP contribution in [0.2, 0.25) is 5.02 Å². The Kier molecular flexibility index (Phi) is 5.79. The van der Waals surface area contributed by atoms with Gasteiger partial charge in [-0.15, -0.1) is 0 Å². The molecule has 4 rings (SSSR count). The van der Waals surface area contributed by atoms with Crippen molar-refractivity contribution in [1.29, 1.82) is 0 Å². The number of ether oxygens (including phenoxy) is 1. The van der Waals surface area contributed by atoms with Crippen molar-refractivity contribution in [2.75, 3.05) is 11.9 Å². The highest BCUT2D eigenvalue weighted by Gasteiger charge is 2.20. The van der Waals surface area contributed by atoms with Crippen LogP contribution in [0.25, 0.3) is 22.6 Å². The van der Waals surface area contributed by atoms with E-state index in [0.717, 1.165) is 5.56 Å². The number of hydrogen-bond acceptors (Lipinski definition) is 6. The normalized spacial score (nSPS) is 10.8. The van der Waals surface area contributed by atoms with Gasteiger partial charge in [0.15, 0.2) is 11.3 Å². The summed E-state index contributed by atoms with van der Waals surface area (Å²) in [5.74, 6) is -0.0712. The number of carbonyl (C=O) groups excluding carboxylic acids is 1. The third kappa shape index (κ3) is 4.26.